The van der Waals surface area contributed by atoms with Crippen molar-refractivity contribution in [3.8, 4) is 28.2 Å². The van der Waals surface area contributed by atoms with Gasteiger partial charge in [0.1, 0.15) is 17.1 Å². The SMILES string of the molecule is CC(=O)Oc1ccc2c(-c3ccccc3)c(-c3ccccc3)oc2c1. The Balaban J connectivity index is 1.97. The molecule has 25 heavy (non-hydrogen) atoms. The number of rotatable bonds is 3. The van der Waals surface area contributed by atoms with E-state index < -0.39 is 0 Å². The van der Waals surface area contributed by atoms with Gasteiger partial charge in [0.05, 0.1) is 0 Å². The monoisotopic (exact) mass is 328 g/mol. The first-order chi connectivity index (χ1) is 12.2. The van der Waals surface area contributed by atoms with Crippen LogP contribution in [-0.2, 0) is 4.79 Å². The molecule has 4 aromatic rings. The molecule has 122 valence electrons. The van der Waals surface area contributed by atoms with Crippen LogP contribution < -0.4 is 4.74 Å². The maximum atomic E-state index is 11.2. The minimum atomic E-state index is -0.350. The first kappa shape index (κ1) is 15.2. The third kappa shape index (κ3) is 2.92. The second-order valence-electron chi connectivity index (χ2n) is 5.79. The molecule has 0 aliphatic rings. The highest BCUT2D eigenvalue weighted by molar-refractivity contribution is 6.02. The fraction of sp³-hybridized carbons (Fsp3) is 0.0455. The van der Waals surface area contributed by atoms with E-state index in [4.69, 9.17) is 9.15 Å². The summed E-state index contributed by atoms with van der Waals surface area (Å²) in [5.74, 6) is 0.937. The van der Waals surface area contributed by atoms with E-state index in [1.165, 1.54) is 6.92 Å². The molecule has 0 saturated heterocycles. The minimum Gasteiger partial charge on any atom is -0.455 e. The first-order valence-corrected chi connectivity index (χ1v) is 8.08. The fourth-order valence-corrected chi connectivity index (χ4v) is 2.99. The lowest BCUT2D eigenvalue weighted by molar-refractivity contribution is -0.131. The molecule has 3 nitrogen and oxygen atoms in total. The van der Waals surface area contributed by atoms with Gasteiger partial charge in [-0.25, -0.2) is 0 Å². The summed E-state index contributed by atoms with van der Waals surface area (Å²) < 4.78 is 11.4. The second-order valence-corrected chi connectivity index (χ2v) is 5.79. The van der Waals surface area contributed by atoms with Gasteiger partial charge in [0.15, 0.2) is 0 Å². The van der Waals surface area contributed by atoms with Crippen molar-refractivity contribution < 1.29 is 13.9 Å². The van der Waals surface area contributed by atoms with Crippen molar-refractivity contribution in [2.75, 3.05) is 0 Å². The van der Waals surface area contributed by atoms with Crippen LogP contribution in [0.25, 0.3) is 33.4 Å². The van der Waals surface area contributed by atoms with Crippen LogP contribution >= 0.6 is 0 Å². The Morgan fingerprint density at radius 3 is 2.12 bits per heavy atom. The summed E-state index contributed by atoms with van der Waals surface area (Å²) in [5, 5.41) is 0.987. The fourth-order valence-electron chi connectivity index (χ4n) is 2.99. The van der Waals surface area contributed by atoms with E-state index in [-0.39, 0.29) is 5.97 Å². The van der Waals surface area contributed by atoms with Gasteiger partial charge in [0.2, 0.25) is 0 Å². The van der Waals surface area contributed by atoms with Crippen LogP contribution in [0.5, 0.6) is 5.75 Å². The number of fused-ring (bicyclic) bond motifs is 1. The highest BCUT2D eigenvalue weighted by Crippen LogP contribution is 2.41. The van der Waals surface area contributed by atoms with Gasteiger partial charge in [0, 0.05) is 29.5 Å². The highest BCUT2D eigenvalue weighted by atomic mass is 16.5. The van der Waals surface area contributed by atoms with Crippen LogP contribution in [0.2, 0.25) is 0 Å². The molecule has 0 atom stereocenters. The molecule has 0 bridgehead atoms. The Kier molecular flexibility index (Phi) is 3.82. The van der Waals surface area contributed by atoms with Crippen molar-refractivity contribution >= 4 is 16.9 Å². The van der Waals surface area contributed by atoms with Crippen LogP contribution in [0.4, 0.5) is 0 Å². The van der Waals surface area contributed by atoms with Gasteiger partial charge in [-0.05, 0) is 17.7 Å². The largest absolute Gasteiger partial charge is 0.455 e. The molecule has 1 heterocycles. The van der Waals surface area contributed by atoms with Gasteiger partial charge in [-0.15, -0.1) is 0 Å². The lowest BCUT2D eigenvalue weighted by atomic mass is 9.99. The van der Waals surface area contributed by atoms with Crippen LogP contribution in [0.3, 0.4) is 0 Å². The number of hydrogen-bond donors (Lipinski definition) is 0. The predicted octanol–water partition coefficient (Wildman–Crippen LogP) is 5.69. The number of esters is 1. The van der Waals surface area contributed by atoms with Crippen LogP contribution in [0.15, 0.2) is 83.3 Å². The first-order valence-electron chi connectivity index (χ1n) is 8.08. The van der Waals surface area contributed by atoms with Gasteiger partial charge in [-0.1, -0.05) is 60.7 Å². The van der Waals surface area contributed by atoms with E-state index in [0.717, 1.165) is 27.8 Å². The molecule has 0 unspecified atom stereocenters. The van der Waals surface area contributed by atoms with Crippen LogP contribution in [0.1, 0.15) is 6.92 Å². The van der Waals surface area contributed by atoms with E-state index in [1.807, 2.05) is 54.6 Å². The molecule has 0 N–H and O–H groups in total. The summed E-state index contributed by atoms with van der Waals surface area (Å²) in [5.41, 5.74) is 3.82. The maximum absolute atomic E-state index is 11.2. The Morgan fingerprint density at radius 1 is 0.840 bits per heavy atom. The van der Waals surface area contributed by atoms with Crippen LogP contribution in [-0.4, -0.2) is 5.97 Å². The number of hydrogen-bond acceptors (Lipinski definition) is 3. The molecule has 3 aromatic carbocycles. The summed E-state index contributed by atoms with van der Waals surface area (Å²) in [4.78, 5) is 11.2. The van der Waals surface area contributed by atoms with Gasteiger partial charge in [0.25, 0.3) is 0 Å². The molecule has 0 aliphatic heterocycles. The van der Waals surface area contributed by atoms with Crippen molar-refractivity contribution in [3.63, 3.8) is 0 Å². The summed E-state index contributed by atoms with van der Waals surface area (Å²) in [7, 11) is 0. The zero-order valence-corrected chi connectivity index (χ0v) is 13.7. The minimum absolute atomic E-state index is 0.350. The molecule has 0 radical (unpaired) electrons. The van der Waals surface area contributed by atoms with Crippen molar-refractivity contribution in [1.29, 1.82) is 0 Å². The number of ether oxygens (including phenoxy) is 1. The summed E-state index contributed by atoms with van der Waals surface area (Å²) in [6.45, 7) is 1.39. The molecule has 0 amide bonds. The van der Waals surface area contributed by atoms with Gasteiger partial charge in [-0.2, -0.15) is 0 Å². The average molecular weight is 328 g/mol. The Bertz CT molecular complexity index is 1030. The van der Waals surface area contributed by atoms with E-state index in [1.54, 1.807) is 12.1 Å². The quantitative estimate of drug-likeness (QED) is 0.358. The number of benzene rings is 3. The molecular formula is C22H16O3. The number of carbonyl (C=O) groups excluding carboxylic acids is 1. The lowest BCUT2D eigenvalue weighted by Gasteiger charge is -2.04. The molecule has 0 spiro atoms. The van der Waals surface area contributed by atoms with Gasteiger partial charge >= 0.3 is 5.97 Å². The Morgan fingerprint density at radius 2 is 1.48 bits per heavy atom. The third-order valence-corrected chi connectivity index (χ3v) is 4.02. The molecule has 0 fully saturated rings. The van der Waals surface area contributed by atoms with E-state index >= 15 is 0 Å². The zero-order valence-electron chi connectivity index (χ0n) is 13.7. The lowest BCUT2D eigenvalue weighted by Crippen LogP contribution is -2.00. The summed E-state index contributed by atoms with van der Waals surface area (Å²) in [6, 6.07) is 25.6. The van der Waals surface area contributed by atoms with Gasteiger partial charge < -0.3 is 9.15 Å². The van der Waals surface area contributed by atoms with Crippen molar-refractivity contribution in [2.24, 2.45) is 0 Å². The molecule has 3 heteroatoms. The average Bonchev–Trinajstić information content (AvgIpc) is 3.01. The van der Waals surface area contributed by atoms with Gasteiger partial charge in [-0.3, -0.25) is 4.79 Å². The normalized spacial score (nSPS) is 10.8. The highest BCUT2D eigenvalue weighted by Gasteiger charge is 2.18. The van der Waals surface area contributed by atoms with Crippen molar-refractivity contribution in [2.45, 2.75) is 6.92 Å². The van der Waals surface area contributed by atoms with Crippen LogP contribution in [0, 0.1) is 0 Å². The molecule has 4 rings (SSSR count). The standard InChI is InChI=1S/C22H16O3/c1-15(23)24-18-12-13-19-20(14-18)25-22(17-10-6-3-7-11-17)21(19)16-8-4-2-5-9-16/h2-14H,1H3. The number of furan rings is 1. The van der Waals surface area contributed by atoms with E-state index in [9.17, 15) is 4.79 Å². The van der Waals surface area contributed by atoms with E-state index in [2.05, 4.69) is 12.1 Å². The predicted molar refractivity (Wildman–Crippen MR) is 98.4 cm³/mol. The molecule has 1 aromatic heterocycles. The second kappa shape index (κ2) is 6.29. The Labute approximate surface area is 145 Å². The Hall–Kier alpha value is -3.33. The van der Waals surface area contributed by atoms with Crippen molar-refractivity contribution in [1.82, 2.24) is 0 Å². The topological polar surface area (TPSA) is 39.4 Å². The van der Waals surface area contributed by atoms with Crippen molar-refractivity contribution in [3.05, 3.63) is 78.9 Å². The zero-order chi connectivity index (χ0) is 17.2. The van der Waals surface area contributed by atoms with E-state index in [0.29, 0.717) is 11.3 Å². The summed E-state index contributed by atoms with van der Waals surface area (Å²) in [6.07, 6.45) is 0. The smallest absolute Gasteiger partial charge is 0.308 e. The molecule has 0 aliphatic carbocycles. The maximum Gasteiger partial charge on any atom is 0.308 e. The number of carbonyl (C=O) groups is 1. The molecular weight excluding hydrogens is 312 g/mol. The molecule has 0 saturated carbocycles. The summed E-state index contributed by atoms with van der Waals surface area (Å²) >= 11 is 0. The third-order valence-electron chi connectivity index (χ3n) is 4.02.